The summed E-state index contributed by atoms with van der Waals surface area (Å²) in [6.45, 7) is 1.19. The lowest BCUT2D eigenvalue weighted by Crippen LogP contribution is -2.51. The van der Waals surface area contributed by atoms with E-state index in [0.29, 0.717) is 5.75 Å². The molecule has 3 unspecified atom stereocenters. The first kappa shape index (κ1) is 18.7. The topological polar surface area (TPSA) is 130 Å². The van der Waals surface area contributed by atoms with Crippen molar-refractivity contribution in [2.24, 2.45) is 5.92 Å². The van der Waals surface area contributed by atoms with Crippen LogP contribution in [0.2, 0.25) is 0 Å². The summed E-state index contributed by atoms with van der Waals surface area (Å²) in [5.74, 6) is -3.23. The number of carbonyl (C=O) groups is 3. The van der Waals surface area contributed by atoms with E-state index in [1.807, 2.05) is 5.32 Å². The normalized spacial score (nSPS) is 20.1. The highest BCUT2D eigenvalue weighted by molar-refractivity contribution is 7.92. The molecule has 25 heavy (non-hydrogen) atoms. The number of likely N-dealkylation sites (N-methyl/N-ethyl adjacent to an activating group) is 1. The highest BCUT2D eigenvalue weighted by Gasteiger charge is 2.51. The first-order valence-electron chi connectivity index (χ1n) is 7.29. The molecular weight excluding hydrogens is 352 g/mol. The molecule has 1 aromatic carbocycles. The molecule has 9 nitrogen and oxygen atoms in total. The van der Waals surface area contributed by atoms with Crippen molar-refractivity contribution in [3.63, 3.8) is 0 Å². The highest BCUT2D eigenvalue weighted by Crippen LogP contribution is 2.30. The fourth-order valence-electron chi connectivity index (χ4n) is 2.71. The van der Waals surface area contributed by atoms with Crippen LogP contribution in [0.3, 0.4) is 0 Å². The largest absolute Gasteiger partial charge is 0.497 e. The molecule has 0 saturated carbocycles. The Morgan fingerprint density at radius 1 is 1.28 bits per heavy atom. The molecule has 3 atom stereocenters. The monoisotopic (exact) mass is 370 g/mol. The van der Waals surface area contributed by atoms with Gasteiger partial charge >= 0.3 is 12.0 Å². The van der Waals surface area contributed by atoms with E-state index in [0.717, 1.165) is 4.90 Å². The van der Waals surface area contributed by atoms with E-state index >= 15 is 0 Å². The van der Waals surface area contributed by atoms with Crippen LogP contribution < -0.4 is 10.1 Å². The van der Waals surface area contributed by atoms with E-state index in [2.05, 4.69) is 0 Å². The fraction of sp³-hybridized carbons (Fsp3) is 0.400. The molecular formula is C15H18N2O7S. The van der Waals surface area contributed by atoms with Gasteiger partial charge in [0.2, 0.25) is 0 Å². The Morgan fingerprint density at radius 2 is 1.84 bits per heavy atom. The number of ether oxygens (including phenoxy) is 1. The number of benzene rings is 1. The second kappa shape index (κ2) is 6.71. The van der Waals surface area contributed by atoms with Crippen molar-refractivity contribution in [1.29, 1.82) is 0 Å². The van der Waals surface area contributed by atoms with Crippen molar-refractivity contribution in [2.45, 2.75) is 23.1 Å². The first-order chi connectivity index (χ1) is 11.6. The number of carboxylic acid groups (broad SMARTS) is 1. The molecule has 136 valence electrons. The molecule has 1 saturated heterocycles. The van der Waals surface area contributed by atoms with Gasteiger partial charge in [-0.05, 0) is 24.3 Å². The summed E-state index contributed by atoms with van der Waals surface area (Å²) in [5, 5.41) is 9.68. The van der Waals surface area contributed by atoms with E-state index in [4.69, 9.17) is 4.74 Å². The van der Waals surface area contributed by atoms with Crippen LogP contribution in [-0.4, -0.2) is 61.8 Å². The molecule has 10 heteroatoms. The summed E-state index contributed by atoms with van der Waals surface area (Å²) in [7, 11) is -1.57. The number of amides is 3. The number of aliphatic carboxylic acids is 1. The number of sulfone groups is 1. The van der Waals surface area contributed by atoms with Gasteiger partial charge in [-0.1, -0.05) is 6.92 Å². The van der Waals surface area contributed by atoms with E-state index in [1.54, 1.807) is 0 Å². The van der Waals surface area contributed by atoms with Crippen LogP contribution in [0, 0.1) is 5.92 Å². The molecule has 1 aliphatic heterocycles. The number of urea groups is 1. The third kappa shape index (κ3) is 3.29. The number of methoxy groups -OCH3 is 1. The van der Waals surface area contributed by atoms with E-state index in [-0.39, 0.29) is 4.90 Å². The van der Waals surface area contributed by atoms with Gasteiger partial charge < -0.3 is 14.7 Å². The van der Waals surface area contributed by atoms with Gasteiger partial charge in [0.15, 0.2) is 9.84 Å². The second-order valence-electron chi connectivity index (χ2n) is 5.66. The van der Waals surface area contributed by atoms with Crippen LogP contribution >= 0.6 is 0 Å². The second-order valence-corrected chi connectivity index (χ2v) is 7.77. The third-order valence-corrected chi connectivity index (χ3v) is 6.49. The lowest BCUT2D eigenvalue weighted by molar-refractivity contribution is -0.141. The number of nitrogens with one attached hydrogen (secondary N) is 1. The van der Waals surface area contributed by atoms with Gasteiger partial charge in [0, 0.05) is 7.05 Å². The number of carbonyl (C=O) groups excluding carboxylic acids is 2. The van der Waals surface area contributed by atoms with E-state index in [9.17, 15) is 27.9 Å². The van der Waals surface area contributed by atoms with Crippen molar-refractivity contribution in [1.82, 2.24) is 10.2 Å². The Labute approximate surface area is 144 Å². The maximum Gasteiger partial charge on any atom is 0.324 e. The summed E-state index contributed by atoms with van der Waals surface area (Å²) < 4.78 is 31.1. The van der Waals surface area contributed by atoms with Crippen molar-refractivity contribution in [3.8, 4) is 5.75 Å². The molecule has 0 spiro atoms. The number of carboxylic acids is 1. The average Bonchev–Trinajstić information content (AvgIpc) is 2.81. The molecule has 2 rings (SSSR count). The molecule has 1 fully saturated rings. The highest BCUT2D eigenvalue weighted by atomic mass is 32.2. The Kier molecular flexibility index (Phi) is 5.02. The van der Waals surface area contributed by atoms with Gasteiger partial charge in [-0.2, -0.15) is 0 Å². The number of rotatable bonds is 6. The fourth-order valence-corrected chi connectivity index (χ4v) is 4.84. The summed E-state index contributed by atoms with van der Waals surface area (Å²) in [6.07, 6.45) is 0. The van der Waals surface area contributed by atoms with Crippen LogP contribution in [0.15, 0.2) is 29.2 Å². The maximum atomic E-state index is 13.0. The molecule has 0 radical (unpaired) electrons. The van der Waals surface area contributed by atoms with Crippen LogP contribution in [-0.2, 0) is 19.4 Å². The molecule has 0 aliphatic carbocycles. The summed E-state index contributed by atoms with van der Waals surface area (Å²) in [5.41, 5.74) is 0. The standard InChI is InChI=1S/C15H18N2O7S/c1-8(14(19)20)12(11-13(18)16-15(21)17(11)2)25(22,23)10-6-4-9(24-3)5-7-10/h4-8,11-12H,1-3H3,(H,19,20)(H,16,18,21). The lowest BCUT2D eigenvalue weighted by Gasteiger charge is -2.29. The predicted molar refractivity (Wildman–Crippen MR) is 85.9 cm³/mol. The predicted octanol–water partition coefficient (Wildman–Crippen LogP) is 0.108. The van der Waals surface area contributed by atoms with Gasteiger partial charge in [-0.3, -0.25) is 14.9 Å². The molecule has 1 aromatic rings. The molecule has 0 aromatic heterocycles. The smallest absolute Gasteiger partial charge is 0.324 e. The Morgan fingerprint density at radius 3 is 2.24 bits per heavy atom. The number of imide groups is 1. The van der Waals surface area contributed by atoms with Gasteiger partial charge in [-0.25, -0.2) is 13.2 Å². The Balaban J connectivity index is 2.56. The van der Waals surface area contributed by atoms with E-state index < -0.39 is 45.0 Å². The summed E-state index contributed by atoms with van der Waals surface area (Å²) in [4.78, 5) is 36.0. The maximum absolute atomic E-state index is 13.0. The molecule has 1 aliphatic rings. The molecule has 0 bridgehead atoms. The minimum Gasteiger partial charge on any atom is -0.497 e. The van der Waals surface area contributed by atoms with Crippen molar-refractivity contribution in [2.75, 3.05) is 14.2 Å². The minimum atomic E-state index is -4.23. The van der Waals surface area contributed by atoms with Crippen molar-refractivity contribution in [3.05, 3.63) is 24.3 Å². The Hall–Kier alpha value is -2.62. The quantitative estimate of drug-likeness (QED) is 0.680. The average molecular weight is 370 g/mol. The van der Waals surface area contributed by atoms with Gasteiger partial charge in [-0.15, -0.1) is 0 Å². The first-order valence-corrected chi connectivity index (χ1v) is 8.84. The third-order valence-electron chi connectivity index (χ3n) is 4.18. The van der Waals surface area contributed by atoms with Crippen LogP contribution in [0.5, 0.6) is 5.75 Å². The van der Waals surface area contributed by atoms with Gasteiger partial charge in [0.25, 0.3) is 5.91 Å². The summed E-state index contributed by atoms with van der Waals surface area (Å²) in [6, 6.07) is 3.15. The number of hydrogen-bond donors (Lipinski definition) is 2. The van der Waals surface area contributed by atoms with Gasteiger partial charge in [0.05, 0.1) is 17.9 Å². The zero-order valence-electron chi connectivity index (χ0n) is 13.8. The molecule has 3 amide bonds. The van der Waals surface area contributed by atoms with Gasteiger partial charge in [0.1, 0.15) is 17.0 Å². The zero-order chi connectivity index (χ0) is 18.9. The number of nitrogens with zero attached hydrogens (tertiary/aromatic N) is 1. The zero-order valence-corrected chi connectivity index (χ0v) is 14.6. The Bertz CT molecular complexity index is 804. The minimum absolute atomic E-state index is 0.160. The lowest BCUT2D eigenvalue weighted by atomic mass is 10.0. The van der Waals surface area contributed by atoms with Crippen LogP contribution in [0.1, 0.15) is 6.92 Å². The molecule has 1 heterocycles. The summed E-state index contributed by atoms with van der Waals surface area (Å²) >= 11 is 0. The van der Waals surface area contributed by atoms with Crippen LogP contribution in [0.25, 0.3) is 0 Å². The number of hydrogen-bond acceptors (Lipinski definition) is 6. The van der Waals surface area contributed by atoms with Crippen molar-refractivity contribution < 1.29 is 32.6 Å². The van der Waals surface area contributed by atoms with Crippen molar-refractivity contribution >= 4 is 27.7 Å². The molecule has 2 N–H and O–H groups in total. The van der Waals surface area contributed by atoms with E-state index in [1.165, 1.54) is 45.3 Å². The SMILES string of the molecule is COc1ccc(S(=O)(=O)C(C(C)C(=O)O)C2C(=O)NC(=O)N2C)cc1. The van der Waals surface area contributed by atoms with Crippen LogP contribution in [0.4, 0.5) is 4.79 Å².